The zero-order chi connectivity index (χ0) is 21.6. The molecule has 1 aliphatic rings. The number of benzene rings is 1. The van der Waals surface area contributed by atoms with Crippen LogP contribution in [0.2, 0.25) is 0 Å². The second-order valence-corrected chi connectivity index (χ2v) is 7.99. The Morgan fingerprint density at radius 2 is 2.13 bits per heavy atom. The fourth-order valence-electron chi connectivity index (χ4n) is 3.14. The number of aliphatic imine (C=N–C) groups is 1. The SMILES string of the molecule is CCNC(=NCc1cccc(C(=O)NCC2CCCO2)c1)NCCCOCC(C)C.I. The first-order valence-electron chi connectivity index (χ1n) is 11.2. The Morgan fingerprint density at radius 1 is 1.29 bits per heavy atom. The lowest BCUT2D eigenvalue weighted by Gasteiger charge is -2.12. The molecule has 0 aliphatic carbocycles. The van der Waals surface area contributed by atoms with E-state index >= 15 is 0 Å². The van der Waals surface area contributed by atoms with Crippen LogP contribution in [0.4, 0.5) is 0 Å². The molecule has 3 N–H and O–H groups in total. The van der Waals surface area contributed by atoms with Crippen molar-refractivity contribution in [3.8, 4) is 0 Å². The van der Waals surface area contributed by atoms with E-state index in [1.54, 1.807) is 0 Å². The van der Waals surface area contributed by atoms with E-state index in [0.29, 0.717) is 24.6 Å². The maximum Gasteiger partial charge on any atom is 0.251 e. The summed E-state index contributed by atoms with van der Waals surface area (Å²) in [5, 5.41) is 9.56. The summed E-state index contributed by atoms with van der Waals surface area (Å²) in [5.74, 6) is 1.27. The molecule has 2 rings (SSSR count). The number of hydrogen-bond donors (Lipinski definition) is 3. The number of carbonyl (C=O) groups is 1. The molecule has 0 aromatic heterocycles. The van der Waals surface area contributed by atoms with Crippen molar-refractivity contribution in [1.29, 1.82) is 0 Å². The fraction of sp³-hybridized carbons (Fsp3) is 0.652. The Bertz CT molecular complexity index is 664. The van der Waals surface area contributed by atoms with Crippen molar-refractivity contribution in [3.63, 3.8) is 0 Å². The highest BCUT2D eigenvalue weighted by Crippen LogP contribution is 2.11. The minimum atomic E-state index is -0.0669. The van der Waals surface area contributed by atoms with E-state index < -0.39 is 0 Å². The first-order valence-corrected chi connectivity index (χ1v) is 11.2. The Hall–Kier alpha value is -1.39. The molecule has 0 radical (unpaired) electrons. The number of nitrogens with zero attached hydrogens (tertiary/aromatic N) is 1. The van der Waals surface area contributed by atoms with Crippen LogP contribution in [0.25, 0.3) is 0 Å². The molecule has 1 unspecified atom stereocenters. The summed E-state index contributed by atoms with van der Waals surface area (Å²) in [5.41, 5.74) is 1.65. The fourth-order valence-corrected chi connectivity index (χ4v) is 3.14. The standard InChI is InChI=1S/C23H38N4O3.HI/c1-4-24-23(25-11-7-12-29-17-18(2)3)27-15-19-8-5-9-20(14-19)22(28)26-16-21-10-6-13-30-21;/h5,8-9,14,18,21H,4,6-7,10-13,15-17H2,1-3H3,(H,26,28)(H2,24,25,27);1H. The maximum absolute atomic E-state index is 12.4. The normalized spacial score (nSPS) is 16.1. The van der Waals surface area contributed by atoms with Gasteiger partial charge >= 0.3 is 0 Å². The van der Waals surface area contributed by atoms with Gasteiger partial charge in [-0.25, -0.2) is 4.99 Å². The summed E-state index contributed by atoms with van der Waals surface area (Å²) < 4.78 is 11.2. The van der Waals surface area contributed by atoms with Gasteiger partial charge in [-0.2, -0.15) is 0 Å². The van der Waals surface area contributed by atoms with Crippen molar-refractivity contribution < 1.29 is 14.3 Å². The Balaban J connectivity index is 0.00000480. The third-order valence-electron chi connectivity index (χ3n) is 4.68. The summed E-state index contributed by atoms with van der Waals surface area (Å²) in [6, 6.07) is 7.62. The number of halogens is 1. The molecule has 1 atom stereocenters. The van der Waals surface area contributed by atoms with Gasteiger partial charge in [-0.05, 0) is 49.8 Å². The Kier molecular flexibility index (Phi) is 14.5. The van der Waals surface area contributed by atoms with Crippen LogP contribution < -0.4 is 16.0 Å². The van der Waals surface area contributed by atoms with Crippen molar-refractivity contribution in [2.75, 3.05) is 39.5 Å². The van der Waals surface area contributed by atoms with Gasteiger partial charge in [0.2, 0.25) is 0 Å². The van der Waals surface area contributed by atoms with Crippen LogP contribution in [0.5, 0.6) is 0 Å². The predicted octanol–water partition coefficient (Wildman–Crippen LogP) is 3.33. The summed E-state index contributed by atoms with van der Waals surface area (Å²) >= 11 is 0. The van der Waals surface area contributed by atoms with Gasteiger partial charge in [0.05, 0.1) is 12.6 Å². The molecule has 1 aliphatic heterocycles. The van der Waals surface area contributed by atoms with E-state index in [9.17, 15) is 4.79 Å². The molecule has 7 nitrogen and oxygen atoms in total. The lowest BCUT2D eigenvalue weighted by atomic mass is 10.1. The Morgan fingerprint density at radius 3 is 2.84 bits per heavy atom. The highest BCUT2D eigenvalue weighted by Gasteiger charge is 2.16. The molecule has 0 saturated carbocycles. The average molecular weight is 546 g/mol. The summed E-state index contributed by atoms with van der Waals surface area (Å²) in [6.07, 6.45) is 3.16. The highest BCUT2D eigenvalue weighted by atomic mass is 127. The molecular formula is C23H39IN4O3. The van der Waals surface area contributed by atoms with Crippen molar-refractivity contribution >= 4 is 35.8 Å². The summed E-state index contributed by atoms with van der Waals surface area (Å²) in [6.45, 7) is 11.3. The van der Waals surface area contributed by atoms with Crippen LogP contribution >= 0.6 is 24.0 Å². The number of amides is 1. The summed E-state index contributed by atoms with van der Waals surface area (Å²) in [7, 11) is 0. The number of carbonyl (C=O) groups excluding carboxylic acids is 1. The van der Waals surface area contributed by atoms with E-state index in [4.69, 9.17) is 9.47 Å². The van der Waals surface area contributed by atoms with Crippen molar-refractivity contribution in [1.82, 2.24) is 16.0 Å². The molecule has 176 valence electrons. The van der Waals surface area contributed by atoms with Crippen molar-refractivity contribution in [3.05, 3.63) is 35.4 Å². The third-order valence-corrected chi connectivity index (χ3v) is 4.68. The third kappa shape index (κ3) is 11.7. The average Bonchev–Trinajstić information content (AvgIpc) is 3.26. The largest absolute Gasteiger partial charge is 0.381 e. The van der Waals surface area contributed by atoms with E-state index in [0.717, 1.165) is 63.7 Å². The van der Waals surface area contributed by atoms with Gasteiger partial charge in [-0.3, -0.25) is 4.79 Å². The molecule has 1 saturated heterocycles. The van der Waals surface area contributed by atoms with Gasteiger partial charge < -0.3 is 25.4 Å². The van der Waals surface area contributed by atoms with E-state index in [1.807, 2.05) is 31.2 Å². The maximum atomic E-state index is 12.4. The predicted molar refractivity (Wildman–Crippen MR) is 136 cm³/mol. The quantitative estimate of drug-likeness (QED) is 0.162. The molecule has 8 heteroatoms. The molecule has 0 bridgehead atoms. The minimum absolute atomic E-state index is 0. The molecule has 1 fully saturated rings. The molecule has 31 heavy (non-hydrogen) atoms. The molecular weight excluding hydrogens is 507 g/mol. The van der Waals surface area contributed by atoms with Crippen molar-refractivity contribution in [2.24, 2.45) is 10.9 Å². The Labute approximate surface area is 204 Å². The zero-order valence-corrected chi connectivity index (χ0v) is 21.4. The first-order chi connectivity index (χ1) is 14.6. The number of guanidine groups is 1. The lowest BCUT2D eigenvalue weighted by Crippen LogP contribution is -2.38. The number of rotatable bonds is 12. The molecule has 1 amide bonds. The summed E-state index contributed by atoms with van der Waals surface area (Å²) in [4.78, 5) is 17.1. The monoisotopic (exact) mass is 546 g/mol. The lowest BCUT2D eigenvalue weighted by molar-refractivity contribution is 0.0857. The zero-order valence-electron chi connectivity index (χ0n) is 19.1. The van der Waals surface area contributed by atoms with Gasteiger partial charge in [0.25, 0.3) is 5.91 Å². The van der Waals surface area contributed by atoms with Gasteiger partial charge in [-0.15, -0.1) is 24.0 Å². The molecule has 0 spiro atoms. The number of hydrogen-bond acceptors (Lipinski definition) is 4. The van der Waals surface area contributed by atoms with Crippen LogP contribution in [0.1, 0.15) is 56.0 Å². The van der Waals surface area contributed by atoms with Crippen LogP contribution in [0, 0.1) is 5.92 Å². The second-order valence-electron chi connectivity index (χ2n) is 7.99. The van der Waals surface area contributed by atoms with E-state index in [2.05, 4.69) is 34.8 Å². The van der Waals surface area contributed by atoms with Gasteiger partial charge in [-0.1, -0.05) is 26.0 Å². The smallest absolute Gasteiger partial charge is 0.251 e. The highest BCUT2D eigenvalue weighted by molar-refractivity contribution is 14.0. The van der Waals surface area contributed by atoms with Crippen LogP contribution in [0.15, 0.2) is 29.3 Å². The van der Waals surface area contributed by atoms with Crippen LogP contribution in [-0.2, 0) is 16.0 Å². The van der Waals surface area contributed by atoms with Crippen molar-refractivity contribution in [2.45, 2.75) is 52.7 Å². The van der Waals surface area contributed by atoms with Gasteiger partial charge in [0.1, 0.15) is 0 Å². The topological polar surface area (TPSA) is 84.0 Å². The second kappa shape index (κ2) is 16.3. The molecule has 1 aromatic carbocycles. The number of ether oxygens (including phenoxy) is 2. The van der Waals surface area contributed by atoms with E-state index in [-0.39, 0.29) is 36.0 Å². The van der Waals surface area contributed by atoms with Gasteiger partial charge in [0, 0.05) is 45.0 Å². The van der Waals surface area contributed by atoms with Crippen LogP contribution in [-0.4, -0.2) is 57.4 Å². The van der Waals surface area contributed by atoms with Gasteiger partial charge in [0.15, 0.2) is 5.96 Å². The molecule has 1 aromatic rings. The number of nitrogens with one attached hydrogen (secondary N) is 3. The first kappa shape index (κ1) is 27.6. The van der Waals surface area contributed by atoms with E-state index in [1.165, 1.54) is 0 Å². The minimum Gasteiger partial charge on any atom is -0.381 e. The van der Waals surface area contributed by atoms with Crippen LogP contribution in [0.3, 0.4) is 0 Å². The molecule has 1 heterocycles.